The van der Waals surface area contributed by atoms with Crippen molar-refractivity contribution in [2.24, 2.45) is 5.92 Å². The van der Waals surface area contributed by atoms with E-state index in [1.54, 1.807) is 33.8 Å². The SMILES string of the molecule is CC1NC(=O)[C@H](C(C)C)NC(=O)COC/C=C/c2ccc3ccc(nc3c2)[C@@H](C)OC(=O)[C@@H]2CCCN(N2)C1=O. The van der Waals surface area contributed by atoms with E-state index in [0.717, 1.165) is 16.5 Å². The van der Waals surface area contributed by atoms with Gasteiger partial charge in [0.1, 0.15) is 30.8 Å². The first-order valence-corrected chi connectivity index (χ1v) is 13.6. The maximum absolute atomic E-state index is 13.1. The molecule has 1 unspecified atom stereocenters. The van der Waals surface area contributed by atoms with Gasteiger partial charge in [0, 0.05) is 11.9 Å². The molecule has 2 aliphatic rings. The summed E-state index contributed by atoms with van der Waals surface area (Å²) in [5, 5.41) is 7.68. The molecule has 1 aromatic heterocycles. The standard InChI is InChI=1S/C29H37N5O6/c1-17(2)26-27(36)30-18(3)28(37)34-13-5-8-23(33-34)29(38)40-19(4)22-12-11-21-10-9-20(15-24(21)31-22)7-6-14-39-16-25(35)32-26/h6-7,9-12,15,17-19,23,26,33H,5,8,13-14,16H2,1-4H3,(H,30,36)(H,32,35)/b7-6+/t18?,19-,23+,26+/m1/s1. The Morgan fingerprint density at radius 2 is 1.82 bits per heavy atom. The molecule has 3 amide bonds. The van der Waals surface area contributed by atoms with Crippen LogP contribution in [0.25, 0.3) is 17.0 Å². The van der Waals surface area contributed by atoms with Crippen LogP contribution in [0.15, 0.2) is 36.4 Å². The van der Waals surface area contributed by atoms with Gasteiger partial charge in [0.15, 0.2) is 0 Å². The van der Waals surface area contributed by atoms with Crippen molar-refractivity contribution in [2.75, 3.05) is 19.8 Å². The molecule has 0 aliphatic carbocycles. The van der Waals surface area contributed by atoms with E-state index in [-0.39, 0.29) is 19.1 Å². The molecule has 5 bridgehead atoms. The highest BCUT2D eigenvalue weighted by atomic mass is 16.5. The molecule has 3 heterocycles. The largest absolute Gasteiger partial charge is 0.455 e. The normalized spacial score (nSPS) is 26.5. The van der Waals surface area contributed by atoms with E-state index < -0.39 is 47.9 Å². The lowest BCUT2D eigenvalue weighted by molar-refractivity contribution is -0.157. The zero-order valence-corrected chi connectivity index (χ0v) is 23.3. The molecule has 1 fully saturated rings. The van der Waals surface area contributed by atoms with Crippen molar-refractivity contribution < 1.29 is 28.7 Å². The van der Waals surface area contributed by atoms with Gasteiger partial charge >= 0.3 is 5.97 Å². The van der Waals surface area contributed by atoms with E-state index in [4.69, 9.17) is 14.5 Å². The maximum Gasteiger partial charge on any atom is 0.325 e. The second-order valence-electron chi connectivity index (χ2n) is 10.5. The monoisotopic (exact) mass is 551 g/mol. The van der Waals surface area contributed by atoms with E-state index in [2.05, 4.69) is 16.1 Å². The molecule has 0 saturated carbocycles. The van der Waals surface area contributed by atoms with Crippen LogP contribution in [0.2, 0.25) is 0 Å². The van der Waals surface area contributed by atoms with E-state index in [0.29, 0.717) is 25.1 Å². The molecule has 0 spiro atoms. The zero-order chi connectivity index (χ0) is 28.8. The fraction of sp³-hybridized carbons (Fsp3) is 0.483. The Labute approximate surface area is 233 Å². The third-order valence-corrected chi connectivity index (χ3v) is 6.94. The van der Waals surface area contributed by atoms with Crippen LogP contribution in [0.1, 0.15) is 57.9 Å². The minimum atomic E-state index is -0.888. The average Bonchev–Trinajstić information content (AvgIpc) is 2.94. The van der Waals surface area contributed by atoms with Crippen LogP contribution in [-0.2, 0) is 28.7 Å². The third kappa shape index (κ3) is 7.22. The Morgan fingerprint density at radius 1 is 1.05 bits per heavy atom. The van der Waals surface area contributed by atoms with Crippen molar-refractivity contribution in [3.8, 4) is 0 Å². The summed E-state index contributed by atoms with van der Waals surface area (Å²) in [4.78, 5) is 56.3. The Balaban J connectivity index is 1.58. The number of hydrogen-bond acceptors (Lipinski definition) is 8. The van der Waals surface area contributed by atoms with Gasteiger partial charge in [0.2, 0.25) is 11.8 Å². The molecule has 4 atom stereocenters. The van der Waals surface area contributed by atoms with Crippen molar-refractivity contribution in [3.05, 3.63) is 47.7 Å². The molecule has 0 radical (unpaired) electrons. The van der Waals surface area contributed by atoms with Crippen LogP contribution in [0, 0.1) is 5.92 Å². The molecular weight excluding hydrogens is 514 g/mol. The van der Waals surface area contributed by atoms with Crippen LogP contribution in [0.3, 0.4) is 0 Å². The summed E-state index contributed by atoms with van der Waals surface area (Å²) in [6.07, 6.45) is 4.14. The fourth-order valence-electron chi connectivity index (χ4n) is 4.66. The Hall–Kier alpha value is -3.83. The van der Waals surface area contributed by atoms with Gasteiger partial charge in [-0.1, -0.05) is 44.2 Å². The Kier molecular flexibility index (Phi) is 9.49. The topological polar surface area (TPSA) is 139 Å². The predicted octanol–water partition coefficient (Wildman–Crippen LogP) is 2.02. The smallest absolute Gasteiger partial charge is 0.325 e. The number of benzene rings is 1. The van der Waals surface area contributed by atoms with Gasteiger partial charge in [-0.25, -0.2) is 10.4 Å². The average molecular weight is 552 g/mol. The number of fused-ring (bicyclic) bond motifs is 4. The highest BCUT2D eigenvalue weighted by molar-refractivity contribution is 5.92. The third-order valence-electron chi connectivity index (χ3n) is 6.94. The summed E-state index contributed by atoms with van der Waals surface area (Å²) in [5.74, 6) is -2.02. The molecule has 3 N–H and O–H groups in total. The van der Waals surface area contributed by atoms with Crippen molar-refractivity contribution in [1.82, 2.24) is 26.1 Å². The van der Waals surface area contributed by atoms with Gasteiger partial charge in [-0.3, -0.25) is 24.2 Å². The lowest BCUT2D eigenvalue weighted by Crippen LogP contribution is -2.61. The molecule has 11 nitrogen and oxygen atoms in total. The number of esters is 1. The van der Waals surface area contributed by atoms with E-state index in [9.17, 15) is 19.2 Å². The Morgan fingerprint density at radius 3 is 2.60 bits per heavy atom. The predicted molar refractivity (Wildman–Crippen MR) is 148 cm³/mol. The molecule has 1 aromatic carbocycles. The van der Waals surface area contributed by atoms with Crippen molar-refractivity contribution >= 4 is 40.7 Å². The lowest BCUT2D eigenvalue weighted by Gasteiger charge is -2.35. The summed E-state index contributed by atoms with van der Waals surface area (Å²) in [5.41, 5.74) is 5.21. The number of amides is 3. The van der Waals surface area contributed by atoms with Crippen LogP contribution < -0.4 is 16.1 Å². The molecular formula is C29H37N5O6. The van der Waals surface area contributed by atoms with E-state index in [1.165, 1.54) is 5.01 Å². The lowest BCUT2D eigenvalue weighted by atomic mass is 10.0. The van der Waals surface area contributed by atoms with Crippen molar-refractivity contribution in [1.29, 1.82) is 0 Å². The fourth-order valence-corrected chi connectivity index (χ4v) is 4.66. The second kappa shape index (κ2) is 13.0. The van der Waals surface area contributed by atoms with Crippen LogP contribution in [-0.4, -0.2) is 71.6 Å². The zero-order valence-electron chi connectivity index (χ0n) is 23.3. The number of carbonyl (C=O) groups is 4. The maximum atomic E-state index is 13.1. The minimum Gasteiger partial charge on any atom is -0.455 e. The van der Waals surface area contributed by atoms with Crippen molar-refractivity contribution in [3.63, 3.8) is 0 Å². The van der Waals surface area contributed by atoms with Crippen LogP contribution in [0.4, 0.5) is 0 Å². The quantitative estimate of drug-likeness (QED) is 0.458. The molecule has 2 aliphatic heterocycles. The summed E-state index contributed by atoms with van der Waals surface area (Å²) < 4.78 is 11.2. The second-order valence-corrected chi connectivity index (χ2v) is 10.5. The molecule has 40 heavy (non-hydrogen) atoms. The molecule has 214 valence electrons. The first-order chi connectivity index (χ1) is 19.1. The first-order valence-electron chi connectivity index (χ1n) is 13.6. The van der Waals surface area contributed by atoms with Gasteiger partial charge < -0.3 is 20.1 Å². The molecule has 2 aromatic rings. The highest BCUT2D eigenvalue weighted by Gasteiger charge is 2.34. The summed E-state index contributed by atoms with van der Waals surface area (Å²) >= 11 is 0. The number of rotatable bonds is 1. The molecule has 4 rings (SSSR count). The number of hydrogen-bond donors (Lipinski definition) is 3. The summed E-state index contributed by atoms with van der Waals surface area (Å²) in [6.45, 7) is 7.29. The first kappa shape index (κ1) is 29.2. The number of aromatic nitrogens is 1. The van der Waals surface area contributed by atoms with Crippen LogP contribution in [0.5, 0.6) is 0 Å². The van der Waals surface area contributed by atoms with Crippen molar-refractivity contribution in [2.45, 2.75) is 64.8 Å². The van der Waals surface area contributed by atoms with Crippen LogP contribution >= 0.6 is 0 Å². The minimum absolute atomic E-state index is 0.194. The van der Waals surface area contributed by atoms with Gasteiger partial charge in [-0.15, -0.1) is 0 Å². The Bertz CT molecular complexity index is 1290. The summed E-state index contributed by atoms with van der Waals surface area (Å²) in [6, 6.07) is 7.13. The van der Waals surface area contributed by atoms with E-state index >= 15 is 0 Å². The molecule has 11 heteroatoms. The highest BCUT2D eigenvalue weighted by Crippen LogP contribution is 2.22. The number of hydrazine groups is 1. The summed E-state index contributed by atoms with van der Waals surface area (Å²) in [7, 11) is 0. The van der Waals surface area contributed by atoms with Gasteiger partial charge in [-0.05, 0) is 50.3 Å². The number of ether oxygens (including phenoxy) is 2. The van der Waals surface area contributed by atoms with Gasteiger partial charge in [0.05, 0.1) is 17.8 Å². The number of cyclic esters (lactones) is 1. The van der Waals surface area contributed by atoms with Gasteiger partial charge in [-0.2, -0.15) is 0 Å². The van der Waals surface area contributed by atoms with E-state index in [1.807, 2.05) is 36.4 Å². The number of pyridine rings is 1. The number of carbonyl (C=O) groups excluding carboxylic acids is 4. The van der Waals surface area contributed by atoms with Gasteiger partial charge in [0.25, 0.3) is 5.91 Å². The molecule has 1 saturated heterocycles. The number of nitrogens with one attached hydrogen (secondary N) is 3. The number of nitrogens with zero attached hydrogens (tertiary/aromatic N) is 2.